The lowest BCUT2D eigenvalue weighted by atomic mass is 9.83. The zero-order valence-corrected chi connectivity index (χ0v) is 9.58. The fraction of sp³-hybridized carbons (Fsp3) is 0.917. The van der Waals surface area contributed by atoms with Crippen molar-refractivity contribution < 1.29 is 14.6 Å². The molecule has 0 aromatic carbocycles. The molecule has 0 bridgehead atoms. The van der Waals surface area contributed by atoms with Crippen LogP contribution in [-0.2, 0) is 9.53 Å². The van der Waals surface area contributed by atoms with E-state index in [4.69, 9.17) is 9.84 Å². The minimum Gasteiger partial charge on any atom is -0.465 e. The molecule has 1 N–H and O–H groups in total. The zero-order chi connectivity index (χ0) is 11.1. The molecular formula is C12H22O3. The summed E-state index contributed by atoms with van der Waals surface area (Å²) >= 11 is 0. The molecule has 1 rings (SSSR count). The Kier molecular flexibility index (Phi) is 5.69. The molecule has 0 aromatic rings. The second-order valence-electron chi connectivity index (χ2n) is 4.50. The van der Waals surface area contributed by atoms with Crippen molar-refractivity contribution in [3.8, 4) is 0 Å². The number of carbonyl (C=O) groups excluding carboxylic acids is 1. The molecule has 0 atom stereocenters. The number of esters is 1. The van der Waals surface area contributed by atoms with E-state index < -0.39 is 0 Å². The van der Waals surface area contributed by atoms with Crippen LogP contribution < -0.4 is 0 Å². The number of ether oxygens (including phenoxy) is 1. The van der Waals surface area contributed by atoms with Crippen molar-refractivity contribution in [1.29, 1.82) is 0 Å². The number of aliphatic hydroxyl groups excluding tert-OH is 1. The summed E-state index contributed by atoms with van der Waals surface area (Å²) in [5.41, 5.74) is 0. The highest BCUT2D eigenvalue weighted by Gasteiger charge is 2.21. The Morgan fingerprint density at radius 2 is 1.87 bits per heavy atom. The lowest BCUT2D eigenvalue weighted by molar-refractivity contribution is -0.145. The lowest BCUT2D eigenvalue weighted by Gasteiger charge is -2.26. The average Bonchev–Trinajstić information content (AvgIpc) is 2.27. The van der Waals surface area contributed by atoms with Gasteiger partial charge in [0.15, 0.2) is 0 Å². The maximum atomic E-state index is 11.1. The van der Waals surface area contributed by atoms with Gasteiger partial charge in [-0.25, -0.2) is 0 Å². The van der Waals surface area contributed by atoms with Crippen molar-refractivity contribution in [2.24, 2.45) is 11.8 Å². The highest BCUT2D eigenvalue weighted by atomic mass is 16.5. The molecule has 0 saturated heterocycles. The van der Waals surface area contributed by atoms with E-state index in [1.807, 2.05) is 6.92 Å². The zero-order valence-electron chi connectivity index (χ0n) is 9.58. The third kappa shape index (κ3) is 4.65. The second-order valence-corrected chi connectivity index (χ2v) is 4.50. The van der Waals surface area contributed by atoms with Crippen LogP contribution in [0.5, 0.6) is 0 Å². The smallest absolute Gasteiger partial charge is 0.305 e. The third-order valence-electron chi connectivity index (χ3n) is 3.16. The molecule has 1 aliphatic carbocycles. The van der Waals surface area contributed by atoms with Crippen LogP contribution in [0.2, 0.25) is 0 Å². The van der Waals surface area contributed by atoms with Gasteiger partial charge >= 0.3 is 5.97 Å². The van der Waals surface area contributed by atoms with Gasteiger partial charge in [0.2, 0.25) is 0 Å². The molecule has 1 aliphatic rings. The summed E-state index contributed by atoms with van der Waals surface area (Å²) in [6.45, 7) is 2.87. The maximum absolute atomic E-state index is 11.1. The van der Waals surface area contributed by atoms with Crippen LogP contribution in [0.1, 0.15) is 45.4 Å². The Balaban J connectivity index is 2.10. The van der Waals surface area contributed by atoms with Crippen LogP contribution in [0.3, 0.4) is 0 Å². The van der Waals surface area contributed by atoms with E-state index in [-0.39, 0.29) is 5.97 Å². The van der Waals surface area contributed by atoms with Crippen molar-refractivity contribution in [3.05, 3.63) is 0 Å². The van der Waals surface area contributed by atoms with Crippen molar-refractivity contribution in [1.82, 2.24) is 0 Å². The second kappa shape index (κ2) is 6.83. The van der Waals surface area contributed by atoms with Crippen LogP contribution in [-0.4, -0.2) is 24.3 Å². The van der Waals surface area contributed by atoms with Gasteiger partial charge in [-0.3, -0.25) is 4.79 Å². The van der Waals surface area contributed by atoms with Crippen LogP contribution in [0.15, 0.2) is 0 Å². The fourth-order valence-corrected chi connectivity index (χ4v) is 2.07. The topological polar surface area (TPSA) is 46.5 Å². The minimum absolute atomic E-state index is 0.0678. The van der Waals surface area contributed by atoms with Gasteiger partial charge in [0, 0.05) is 13.0 Å². The molecule has 0 heterocycles. The van der Waals surface area contributed by atoms with Crippen molar-refractivity contribution in [2.45, 2.75) is 45.4 Å². The number of hydrogen-bond donors (Lipinski definition) is 1. The van der Waals surface area contributed by atoms with Gasteiger partial charge in [0.1, 0.15) is 0 Å². The monoisotopic (exact) mass is 214 g/mol. The third-order valence-corrected chi connectivity index (χ3v) is 3.16. The molecule has 3 heteroatoms. The average molecular weight is 214 g/mol. The van der Waals surface area contributed by atoms with Gasteiger partial charge in [0.25, 0.3) is 0 Å². The molecule has 88 valence electrons. The van der Waals surface area contributed by atoms with Crippen LogP contribution in [0, 0.1) is 11.8 Å². The molecule has 0 spiro atoms. The quantitative estimate of drug-likeness (QED) is 0.713. The van der Waals surface area contributed by atoms with E-state index in [2.05, 4.69) is 0 Å². The van der Waals surface area contributed by atoms with Crippen molar-refractivity contribution >= 4 is 5.97 Å². The standard InChI is InChI=1S/C12H22O3/c1-2-3-12(14)15-9-11-6-4-10(8-13)5-7-11/h10-11,13H,2-9H2,1H3. The molecule has 0 aromatic heterocycles. The molecule has 1 saturated carbocycles. The van der Waals surface area contributed by atoms with Crippen molar-refractivity contribution in [2.75, 3.05) is 13.2 Å². The predicted octanol–water partition coefficient (Wildman–Crippen LogP) is 2.13. The molecule has 0 radical (unpaired) electrons. The number of rotatable bonds is 5. The molecular weight excluding hydrogens is 192 g/mol. The largest absolute Gasteiger partial charge is 0.465 e. The lowest BCUT2D eigenvalue weighted by Crippen LogP contribution is -2.22. The molecule has 0 aliphatic heterocycles. The SMILES string of the molecule is CCCC(=O)OCC1CCC(CO)CC1. The Morgan fingerprint density at radius 3 is 2.40 bits per heavy atom. The van der Waals surface area contributed by atoms with Crippen LogP contribution >= 0.6 is 0 Å². The van der Waals surface area contributed by atoms with E-state index >= 15 is 0 Å². The number of hydrogen-bond acceptors (Lipinski definition) is 3. The highest BCUT2D eigenvalue weighted by Crippen LogP contribution is 2.28. The summed E-state index contributed by atoms with van der Waals surface area (Å²) < 4.78 is 5.19. The van der Waals surface area contributed by atoms with Gasteiger partial charge in [-0.05, 0) is 43.9 Å². The highest BCUT2D eigenvalue weighted by molar-refractivity contribution is 5.69. The van der Waals surface area contributed by atoms with Gasteiger partial charge < -0.3 is 9.84 Å². The van der Waals surface area contributed by atoms with Crippen LogP contribution in [0.4, 0.5) is 0 Å². The normalized spacial score (nSPS) is 26.3. The van der Waals surface area contributed by atoms with E-state index in [1.165, 1.54) is 0 Å². The Morgan fingerprint density at radius 1 is 1.27 bits per heavy atom. The predicted molar refractivity (Wildman–Crippen MR) is 58.4 cm³/mol. The fourth-order valence-electron chi connectivity index (χ4n) is 2.07. The Labute approximate surface area is 91.8 Å². The molecule has 1 fully saturated rings. The summed E-state index contributed by atoms with van der Waals surface area (Å²) in [4.78, 5) is 11.1. The molecule has 0 amide bonds. The molecule has 3 nitrogen and oxygen atoms in total. The first-order valence-electron chi connectivity index (χ1n) is 6.02. The van der Waals surface area contributed by atoms with Gasteiger partial charge in [0.05, 0.1) is 6.61 Å². The van der Waals surface area contributed by atoms with Gasteiger partial charge in [-0.15, -0.1) is 0 Å². The first-order valence-corrected chi connectivity index (χ1v) is 6.02. The summed E-state index contributed by atoms with van der Waals surface area (Å²) in [5, 5.41) is 8.98. The maximum Gasteiger partial charge on any atom is 0.305 e. The first-order chi connectivity index (χ1) is 7.26. The molecule has 15 heavy (non-hydrogen) atoms. The summed E-state index contributed by atoms with van der Waals surface area (Å²) in [5.74, 6) is 0.933. The summed E-state index contributed by atoms with van der Waals surface area (Å²) in [6, 6.07) is 0. The first kappa shape index (κ1) is 12.5. The number of aliphatic hydroxyl groups is 1. The molecule has 0 unspecified atom stereocenters. The van der Waals surface area contributed by atoms with Crippen molar-refractivity contribution in [3.63, 3.8) is 0 Å². The number of carbonyl (C=O) groups is 1. The minimum atomic E-state index is -0.0678. The van der Waals surface area contributed by atoms with E-state index in [0.29, 0.717) is 31.5 Å². The Bertz CT molecular complexity index is 183. The van der Waals surface area contributed by atoms with E-state index in [1.54, 1.807) is 0 Å². The van der Waals surface area contributed by atoms with Gasteiger partial charge in [-0.2, -0.15) is 0 Å². The van der Waals surface area contributed by atoms with Gasteiger partial charge in [-0.1, -0.05) is 6.92 Å². The van der Waals surface area contributed by atoms with E-state index in [9.17, 15) is 4.79 Å². The summed E-state index contributed by atoms with van der Waals surface area (Å²) in [6.07, 6.45) is 5.72. The van der Waals surface area contributed by atoms with E-state index in [0.717, 1.165) is 32.1 Å². The summed E-state index contributed by atoms with van der Waals surface area (Å²) in [7, 11) is 0. The Hall–Kier alpha value is -0.570. The van der Waals surface area contributed by atoms with Crippen LogP contribution in [0.25, 0.3) is 0 Å².